The van der Waals surface area contributed by atoms with Gasteiger partial charge in [0.2, 0.25) is 0 Å². The maximum absolute atomic E-state index is 9.21. The number of hydrogen-bond donors (Lipinski definition) is 1. The highest BCUT2D eigenvalue weighted by molar-refractivity contribution is 7.80. The zero-order valence-corrected chi connectivity index (χ0v) is 6.64. The second-order valence-electron chi connectivity index (χ2n) is 2.52. The molecule has 0 aliphatic carbocycles. The van der Waals surface area contributed by atoms with E-state index in [9.17, 15) is 5.21 Å². The van der Waals surface area contributed by atoms with Crippen LogP contribution in [0.3, 0.4) is 0 Å². The first-order valence-corrected chi connectivity index (χ1v) is 3.78. The molecule has 1 aromatic rings. The monoisotopic (exact) mass is 165 g/mol. The highest BCUT2D eigenvalue weighted by atomic mass is 32.1. The molecule has 11 heavy (non-hydrogen) atoms. The van der Waals surface area contributed by atoms with Crippen LogP contribution in [-0.2, 0) is 6.54 Å². The maximum Gasteiger partial charge on any atom is 0.134 e. The van der Waals surface area contributed by atoms with E-state index in [1.165, 1.54) is 0 Å². The van der Waals surface area contributed by atoms with Gasteiger partial charge in [-0.15, -0.1) is 0 Å². The Kier molecular flexibility index (Phi) is 1.41. The predicted molar refractivity (Wildman–Crippen MR) is 45.5 cm³/mol. The van der Waals surface area contributed by atoms with Gasteiger partial charge < -0.3 is 0 Å². The van der Waals surface area contributed by atoms with Crippen LogP contribution in [0.15, 0.2) is 24.3 Å². The SMILES string of the molecule is ON1Cc2ccccc2C1=S. The Bertz CT molecular complexity index is 311. The topological polar surface area (TPSA) is 23.5 Å². The molecule has 0 aromatic heterocycles. The van der Waals surface area contributed by atoms with E-state index in [0.717, 1.165) is 16.2 Å². The zero-order chi connectivity index (χ0) is 7.84. The fourth-order valence-corrected chi connectivity index (χ4v) is 1.50. The molecule has 0 unspecified atom stereocenters. The predicted octanol–water partition coefficient (Wildman–Crippen LogP) is 1.57. The smallest absolute Gasteiger partial charge is 0.134 e. The maximum atomic E-state index is 9.21. The summed E-state index contributed by atoms with van der Waals surface area (Å²) in [5, 5.41) is 10.3. The van der Waals surface area contributed by atoms with Crippen LogP contribution in [0, 0.1) is 0 Å². The first-order valence-electron chi connectivity index (χ1n) is 3.37. The Hall–Kier alpha value is -0.930. The van der Waals surface area contributed by atoms with Crippen LogP contribution in [-0.4, -0.2) is 15.3 Å². The van der Waals surface area contributed by atoms with Crippen LogP contribution < -0.4 is 0 Å². The van der Waals surface area contributed by atoms with E-state index in [-0.39, 0.29) is 0 Å². The second kappa shape index (κ2) is 2.29. The first kappa shape index (κ1) is 6.76. The van der Waals surface area contributed by atoms with E-state index in [4.69, 9.17) is 12.2 Å². The van der Waals surface area contributed by atoms with Gasteiger partial charge in [0.25, 0.3) is 0 Å². The third kappa shape index (κ3) is 0.931. The number of hydroxylamine groups is 2. The molecular formula is C8H7NOS. The van der Waals surface area contributed by atoms with Crippen molar-refractivity contribution in [2.24, 2.45) is 0 Å². The summed E-state index contributed by atoms with van der Waals surface area (Å²) < 4.78 is 0. The molecule has 0 amide bonds. The lowest BCUT2D eigenvalue weighted by Gasteiger charge is -2.05. The lowest BCUT2D eigenvalue weighted by molar-refractivity contribution is -0.0133. The molecule has 2 nitrogen and oxygen atoms in total. The van der Waals surface area contributed by atoms with E-state index in [2.05, 4.69) is 0 Å². The lowest BCUT2D eigenvalue weighted by atomic mass is 10.1. The Morgan fingerprint density at radius 3 is 2.82 bits per heavy atom. The quantitative estimate of drug-likeness (QED) is 0.590. The van der Waals surface area contributed by atoms with Crippen LogP contribution in [0.2, 0.25) is 0 Å². The van der Waals surface area contributed by atoms with Crippen molar-refractivity contribution in [3.63, 3.8) is 0 Å². The van der Waals surface area contributed by atoms with Gasteiger partial charge in [-0.3, -0.25) is 5.21 Å². The summed E-state index contributed by atoms with van der Waals surface area (Å²) in [6.07, 6.45) is 0. The van der Waals surface area contributed by atoms with Gasteiger partial charge in [0.15, 0.2) is 0 Å². The van der Waals surface area contributed by atoms with Gasteiger partial charge in [-0.2, -0.15) is 0 Å². The van der Waals surface area contributed by atoms with Crippen molar-refractivity contribution < 1.29 is 5.21 Å². The van der Waals surface area contributed by atoms with E-state index < -0.39 is 0 Å². The van der Waals surface area contributed by atoms with Crippen LogP contribution in [0.25, 0.3) is 0 Å². The molecule has 0 saturated carbocycles. The Balaban J connectivity index is 2.55. The summed E-state index contributed by atoms with van der Waals surface area (Å²) in [5.74, 6) is 0. The fraction of sp³-hybridized carbons (Fsp3) is 0.125. The standard InChI is InChI=1S/C8H7NOS/c10-9-5-6-3-1-2-4-7(6)8(9)11/h1-4,10H,5H2. The molecule has 56 valence electrons. The molecular weight excluding hydrogens is 158 g/mol. The number of thiocarbonyl (C=S) groups is 1. The minimum absolute atomic E-state index is 0.523. The average Bonchev–Trinajstić information content (AvgIpc) is 2.30. The van der Waals surface area contributed by atoms with Gasteiger partial charge >= 0.3 is 0 Å². The Morgan fingerprint density at radius 2 is 2.09 bits per heavy atom. The molecule has 1 aliphatic rings. The number of hydrogen-bond acceptors (Lipinski definition) is 2. The second-order valence-corrected chi connectivity index (χ2v) is 2.91. The van der Waals surface area contributed by atoms with Gasteiger partial charge in [0.1, 0.15) is 4.99 Å². The number of nitrogens with zero attached hydrogens (tertiary/aromatic N) is 1. The van der Waals surface area contributed by atoms with Gasteiger partial charge in [-0.05, 0) is 5.56 Å². The highest BCUT2D eigenvalue weighted by Gasteiger charge is 2.20. The van der Waals surface area contributed by atoms with Gasteiger partial charge in [0, 0.05) is 5.56 Å². The van der Waals surface area contributed by atoms with Crippen molar-refractivity contribution in [3.05, 3.63) is 35.4 Å². The van der Waals surface area contributed by atoms with Crippen LogP contribution in [0.4, 0.5) is 0 Å². The van der Waals surface area contributed by atoms with Crippen molar-refractivity contribution in [1.82, 2.24) is 5.06 Å². The first-order chi connectivity index (χ1) is 5.29. The van der Waals surface area contributed by atoms with Crippen molar-refractivity contribution in [3.8, 4) is 0 Å². The van der Waals surface area contributed by atoms with Crippen molar-refractivity contribution in [2.45, 2.75) is 6.54 Å². The van der Waals surface area contributed by atoms with Crippen LogP contribution in [0.5, 0.6) is 0 Å². The molecule has 1 heterocycles. The molecule has 0 saturated heterocycles. The molecule has 1 N–H and O–H groups in total. The molecule has 0 spiro atoms. The van der Waals surface area contributed by atoms with Crippen LogP contribution >= 0.6 is 12.2 Å². The molecule has 1 aliphatic heterocycles. The average molecular weight is 165 g/mol. The van der Waals surface area contributed by atoms with E-state index in [1.54, 1.807) is 0 Å². The van der Waals surface area contributed by atoms with Crippen molar-refractivity contribution in [1.29, 1.82) is 0 Å². The highest BCUT2D eigenvalue weighted by Crippen LogP contribution is 2.20. The summed E-state index contributed by atoms with van der Waals surface area (Å²) >= 11 is 4.97. The van der Waals surface area contributed by atoms with Crippen molar-refractivity contribution >= 4 is 17.2 Å². The third-order valence-electron chi connectivity index (χ3n) is 1.80. The minimum atomic E-state index is 0.523. The normalized spacial score (nSPS) is 15.4. The fourth-order valence-electron chi connectivity index (χ4n) is 1.24. The summed E-state index contributed by atoms with van der Waals surface area (Å²) in [4.78, 5) is 0.528. The molecule has 3 heteroatoms. The van der Waals surface area contributed by atoms with E-state index >= 15 is 0 Å². The molecule has 2 rings (SSSR count). The van der Waals surface area contributed by atoms with E-state index in [1.807, 2.05) is 24.3 Å². The van der Waals surface area contributed by atoms with Crippen molar-refractivity contribution in [2.75, 3.05) is 0 Å². The molecule has 0 bridgehead atoms. The number of fused-ring (bicyclic) bond motifs is 1. The van der Waals surface area contributed by atoms with Crippen LogP contribution in [0.1, 0.15) is 11.1 Å². The summed E-state index contributed by atoms with van der Waals surface area (Å²) in [5.41, 5.74) is 2.07. The van der Waals surface area contributed by atoms with Gasteiger partial charge in [-0.25, -0.2) is 5.06 Å². The Morgan fingerprint density at radius 1 is 1.36 bits per heavy atom. The number of benzene rings is 1. The summed E-state index contributed by atoms with van der Waals surface area (Å²) in [6, 6.07) is 7.76. The minimum Gasteiger partial charge on any atom is -0.287 e. The number of rotatable bonds is 0. The molecule has 1 aromatic carbocycles. The zero-order valence-electron chi connectivity index (χ0n) is 5.82. The molecule has 0 radical (unpaired) electrons. The van der Waals surface area contributed by atoms with E-state index in [0.29, 0.717) is 11.5 Å². The summed E-state index contributed by atoms with van der Waals surface area (Å²) in [7, 11) is 0. The largest absolute Gasteiger partial charge is 0.287 e. The lowest BCUT2D eigenvalue weighted by Crippen LogP contribution is -2.17. The van der Waals surface area contributed by atoms with Gasteiger partial charge in [0.05, 0.1) is 6.54 Å². The molecule has 0 atom stereocenters. The molecule has 0 fully saturated rings. The summed E-state index contributed by atoms with van der Waals surface area (Å²) in [6.45, 7) is 0.523. The van der Waals surface area contributed by atoms with Gasteiger partial charge in [-0.1, -0.05) is 36.5 Å². The Labute approximate surface area is 70.0 Å². The third-order valence-corrected chi connectivity index (χ3v) is 2.23.